The van der Waals surface area contributed by atoms with Crippen LogP contribution in [0.25, 0.3) is 0 Å². The van der Waals surface area contributed by atoms with Crippen LogP contribution < -0.4 is 20.5 Å². The Morgan fingerprint density at radius 2 is 2.05 bits per heavy atom. The van der Waals surface area contributed by atoms with Crippen LogP contribution >= 0.6 is 0 Å². The number of benzene rings is 1. The van der Waals surface area contributed by atoms with Crippen LogP contribution in [0.2, 0.25) is 0 Å². The van der Waals surface area contributed by atoms with Gasteiger partial charge < -0.3 is 25.6 Å². The second-order valence-corrected chi connectivity index (χ2v) is 4.08. The molecule has 20 heavy (non-hydrogen) atoms. The van der Waals surface area contributed by atoms with E-state index < -0.39 is 12.0 Å². The molecule has 0 bridgehead atoms. The number of methoxy groups -OCH3 is 2. The average molecular weight is 282 g/mol. The zero-order valence-electron chi connectivity index (χ0n) is 11.4. The van der Waals surface area contributed by atoms with Gasteiger partial charge in [0.2, 0.25) is 11.8 Å². The Labute approximate surface area is 116 Å². The molecule has 1 unspecified atom stereocenters. The summed E-state index contributed by atoms with van der Waals surface area (Å²) < 4.78 is 10.2. The largest absolute Gasteiger partial charge is 0.497 e. The van der Waals surface area contributed by atoms with E-state index in [1.807, 2.05) is 0 Å². The number of hydrogen-bond acceptors (Lipinski definition) is 5. The summed E-state index contributed by atoms with van der Waals surface area (Å²) in [6.07, 6.45) is -1.34. The second-order valence-electron chi connectivity index (χ2n) is 4.08. The van der Waals surface area contributed by atoms with Crippen LogP contribution in [0, 0.1) is 0 Å². The molecule has 0 fully saturated rings. The molecule has 1 aromatic carbocycles. The molecule has 0 saturated heterocycles. The molecule has 1 aromatic rings. The van der Waals surface area contributed by atoms with Crippen molar-refractivity contribution in [2.24, 2.45) is 5.73 Å². The number of aliphatic hydroxyl groups is 1. The Kier molecular flexibility index (Phi) is 5.79. The molecule has 0 aromatic heterocycles. The molecule has 110 valence electrons. The maximum Gasteiger partial charge on any atom is 0.248 e. The number of carbonyl (C=O) groups excluding carboxylic acids is 2. The fraction of sp³-hybridized carbons (Fsp3) is 0.385. The maximum absolute atomic E-state index is 11.7. The van der Waals surface area contributed by atoms with Crippen molar-refractivity contribution in [2.75, 3.05) is 20.8 Å². The van der Waals surface area contributed by atoms with Gasteiger partial charge in [-0.05, 0) is 6.07 Å². The minimum Gasteiger partial charge on any atom is -0.497 e. The Morgan fingerprint density at radius 3 is 2.60 bits per heavy atom. The van der Waals surface area contributed by atoms with Crippen molar-refractivity contribution in [1.82, 2.24) is 5.32 Å². The summed E-state index contributed by atoms with van der Waals surface area (Å²) in [5, 5.41) is 11.6. The fourth-order valence-corrected chi connectivity index (χ4v) is 1.54. The summed E-state index contributed by atoms with van der Waals surface area (Å²) in [7, 11) is 3.03. The predicted molar refractivity (Wildman–Crippen MR) is 71.5 cm³/mol. The standard InChI is InChI=1S/C13H18N2O5/c1-19-9-4-3-8(11(6-9)20-2)5-12(17)15-7-10(16)13(14)18/h3-4,6,10,16H,5,7H2,1-2H3,(H2,14,18)(H,15,17). The van der Waals surface area contributed by atoms with Gasteiger partial charge in [0.15, 0.2) is 0 Å². The highest BCUT2D eigenvalue weighted by Crippen LogP contribution is 2.24. The molecular formula is C13H18N2O5. The summed E-state index contributed by atoms with van der Waals surface area (Å²) >= 11 is 0. The lowest BCUT2D eigenvalue weighted by atomic mass is 10.1. The van der Waals surface area contributed by atoms with Gasteiger partial charge in [0.05, 0.1) is 27.2 Å². The Balaban J connectivity index is 2.64. The number of rotatable bonds is 7. The quantitative estimate of drug-likeness (QED) is 0.607. The second kappa shape index (κ2) is 7.34. The number of amides is 2. The van der Waals surface area contributed by atoms with Gasteiger partial charge in [0.25, 0.3) is 0 Å². The number of primary amides is 1. The Bertz CT molecular complexity index is 490. The normalized spacial score (nSPS) is 11.6. The molecule has 1 rings (SSSR count). The molecule has 0 saturated carbocycles. The first kappa shape index (κ1) is 15.8. The van der Waals surface area contributed by atoms with Gasteiger partial charge >= 0.3 is 0 Å². The molecule has 0 radical (unpaired) electrons. The third-order valence-corrected chi connectivity index (χ3v) is 2.67. The van der Waals surface area contributed by atoms with Crippen molar-refractivity contribution in [3.63, 3.8) is 0 Å². The van der Waals surface area contributed by atoms with Crippen molar-refractivity contribution in [2.45, 2.75) is 12.5 Å². The van der Waals surface area contributed by atoms with E-state index in [-0.39, 0.29) is 18.9 Å². The van der Waals surface area contributed by atoms with Crippen molar-refractivity contribution in [3.05, 3.63) is 23.8 Å². The Morgan fingerprint density at radius 1 is 1.35 bits per heavy atom. The SMILES string of the molecule is COc1ccc(CC(=O)NCC(O)C(N)=O)c(OC)c1. The van der Waals surface area contributed by atoms with Crippen molar-refractivity contribution < 1.29 is 24.2 Å². The van der Waals surface area contributed by atoms with Crippen LogP contribution in [0.3, 0.4) is 0 Å². The molecule has 0 heterocycles. The van der Waals surface area contributed by atoms with E-state index in [0.717, 1.165) is 0 Å². The van der Waals surface area contributed by atoms with Gasteiger partial charge in [-0.3, -0.25) is 9.59 Å². The highest BCUT2D eigenvalue weighted by molar-refractivity contribution is 5.82. The molecule has 0 aliphatic heterocycles. The monoisotopic (exact) mass is 282 g/mol. The van der Waals surface area contributed by atoms with Crippen LogP contribution in [0.5, 0.6) is 11.5 Å². The molecule has 7 nitrogen and oxygen atoms in total. The van der Waals surface area contributed by atoms with E-state index in [1.54, 1.807) is 18.2 Å². The number of nitrogens with two attached hydrogens (primary N) is 1. The van der Waals surface area contributed by atoms with Crippen LogP contribution in [-0.2, 0) is 16.0 Å². The summed E-state index contributed by atoms with van der Waals surface area (Å²) in [4.78, 5) is 22.3. The zero-order valence-corrected chi connectivity index (χ0v) is 11.4. The van der Waals surface area contributed by atoms with Crippen LogP contribution in [0.4, 0.5) is 0 Å². The third kappa shape index (κ3) is 4.43. The summed E-state index contributed by atoms with van der Waals surface area (Å²) in [6.45, 7) is -0.216. The molecule has 0 aliphatic carbocycles. The van der Waals surface area contributed by atoms with E-state index in [2.05, 4.69) is 5.32 Å². The minimum atomic E-state index is -1.39. The van der Waals surface area contributed by atoms with Gasteiger partial charge in [-0.25, -0.2) is 0 Å². The van der Waals surface area contributed by atoms with Gasteiger partial charge in [0.1, 0.15) is 17.6 Å². The van der Waals surface area contributed by atoms with Crippen molar-refractivity contribution in [3.8, 4) is 11.5 Å². The van der Waals surface area contributed by atoms with E-state index in [1.165, 1.54) is 14.2 Å². The van der Waals surface area contributed by atoms with Crippen molar-refractivity contribution in [1.29, 1.82) is 0 Å². The number of ether oxygens (including phenoxy) is 2. The van der Waals surface area contributed by atoms with E-state index in [9.17, 15) is 14.7 Å². The first-order valence-corrected chi connectivity index (χ1v) is 5.93. The topological polar surface area (TPSA) is 111 Å². The first-order chi connectivity index (χ1) is 9.47. The van der Waals surface area contributed by atoms with Gasteiger partial charge in [0, 0.05) is 11.6 Å². The van der Waals surface area contributed by atoms with E-state index >= 15 is 0 Å². The summed E-state index contributed by atoms with van der Waals surface area (Å²) in [5.41, 5.74) is 5.54. The van der Waals surface area contributed by atoms with Crippen LogP contribution in [0.1, 0.15) is 5.56 Å². The van der Waals surface area contributed by atoms with Gasteiger partial charge in [-0.2, -0.15) is 0 Å². The summed E-state index contributed by atoms with van der Waals surface area (Å²) in [6, 6.07) is 5.09. The number of aliphatic hydroxyl groups excluding tert-OH is 1. The Hall–Kier alpha value is -2.28. The van der Waals surface area contributed by atoms with Gasteiger partial charge in [-0.15, -0.1) is 0 Å². The smallest absolute Gasteiger partial charge is 0.248 e. The highest BCUT2D eigenvalue weighted by atomic mass is 16.5. The van der Waals surface area contributed by atoms with Gasteiger partial charge in [-0.1, -0.05) is 6.07 Å². The lowest BCUT2D eigenvalue weighted by Gasteiger charge is -2.11. The predicted octanol–water partition coefficient (Wildman–Crippen LogP) is -0.791. The number of hydrogen-bond donors (Lipinski definition) is 3. The van der Waals surface area contributed by atoms with E-state index in [4.69, 9.17) is 15.2 Å². The fourth-order valence-electron chi connectivity index (χ4n) is 1.54. The maximum atomic E-state index is 11.7. The molecule has 4 N–H and O–H groups in total. The van der Waals surface area contributed by atoms with E-state index in [0.29, 0.717) is 17.1 Å². The molecule has 0 spiro atoms. The molecule has 2 amide bonds. The van der Waals surface area contributed by atoms with Crippen molar-refractivity contribution >= 4 is 11.8 Å². The first-order valence-electron chi connectivity index (χ1n) is 5.93. The van der Waals surface area contributed by atoms with Crippen LogP contribution in [-0.4, -0.2) is 43.8 Å². The lowest BCUT2D eigenvalue weighted by molar-refractivity contribution is -0.126. The summed E-state index contributed by atoms with van der Waals surface area (Å²) in [5.74, 6) is -0.0915. The molecule has 1 atom stereocenters. The lowest BCUT2D eigenvalue weighted by Crippen LogP contribution is -2.40. The highest BCUT2D eigenvalue weighted by Gasteiger charge is 2.14. The number of nitrogens with one attached hydrogen (secondary N) is 1. The molecule has 7 heteroatoms. The zero-order chi connectivity index (χ0) is 15.1. The molecular weight excluding hydrogens is 264 g/mol. The third-order valence-electron chi connectivity index (χ3n) is 2.67. The average Bonchev–Trinajstić information content (AvgIpc) is 2.44. The van der Waals surface area contributed by atoms with Crippen LogP contribution in [0.15, 0.2) is 18.2 Å². The number of carbonyl (C=O) groups is 2. The molecule has 0 aliphatic rings. The minimum absolute atomic E-state index is 0.0542.